The number of para-hydroxylation sites is 1. The van der Waals surface area contributed by atoms with Crippen LogP contribution in [0.3, 0.4) is 0 Å². The summed E-state index contributed by atoms with van der Waals surface area (Å²) in [5, 5.41) is 18.5. The van der Waals surface area contributed by atoms with Gasteiger partial charge in [-0.15, -0.1) is 0 Å². The number of benzene rings is 1. The molecule has 0 heterocycles. The van der Waals surface area contributed by atoms with Crippen molar-refractivity contribution in [1.29, 1.82) is 0 Å². The lowest BCUT2D eigenvalue weighted by atomic mass is 10.0. The Morgan fingerprint density at radius 1 is 1.25 bits per heavy atom. The first kappa shape index (κ1) is 12.6. The summed E-state index contributed by atoms with van der Waals surface area (Å²) >= 11 is 0. The van der Waals surface area contributed by atoms with E-state index in [-0.39, 0.29) is 17.7 Å². The monoisotopic (exact) mass is 235 g/mol. The summed E-state index contributed by atoms with van der Waals surface area (Å²) in [6.45, 7) is 0. The number of nitrogens with two attached hydrogens (primary N) is 1. The molecule has 0 aliphatic carbocycles. The van der Waals surface area contributed by atoms with Crippen molar-refractivity contribution in [2.45, 2.75) is 25.1 Å². The van der Waals surface area contributed by atoms with E-state index in [0.29, 0.717) is 0 Å². The summed E-state index contributed by atoms with van der Waals surface area (Å²) in [5.74, 6) is -0.850. The Bertz CT molecular complexity index is 366. The van der Waals surface area contributed by atoms with E-state index >= 15 is 0 Å². The van der Waals surface area contributed by atoms with Crippen molar-refractivity contribution in [2.75, 3.05) is 0 Å². The number of rotatable bonds is 3. The second kappa shape index (κ2) is 4.61. The van der Waals surface area contributed by atoms with Gasteiger partial charge in [0.15, 0.2) is 11.5 Å². The molecule has 0 fully saturated rings. The number of phenolic OH excluding ortho intramolecular Hbond substituents is 2. The molecule has 0 aromatic heterocycles. The molecule has 16 heavy (non-hydrogen) atoms. The molecule has 6 heteroatoms. The van der Waals surface area contributed by atoms with Gasteiger partial charge in [0.05, 0.1) is 0 Å². The van der Waals surface area contributed by atoms with Crippen LogP contribution in [0.2, 0.25) is 0 Å². The molecule has 3 nitrogen and oxygen atoms in total. The SMILES string of the molecule is N[C@H](CCC(F)(F)F)c1cccc(O)c1O. The third-order valence-electron chi connectivity index (χ3n) is 2.18. The lowest BCUT2D eigenvalue weighted by Crippen LogP contribution is -2.15. The highest BCUT2D eigenvalue weighted by molar-refractivity contribution is 5.45. The van der Waals surface area contributed by atoms with Crippen LogP contribution in [0.5, 0.6) is 11.5 Å². The highest BCUT2D eigenvalue weighted by Gasteiger charge is 2.28. The lowest BCUT2D eigenvalue weighted by Gasteiger charge is -2.15. The van der Waals surface area contributed by atoms with Gasteiger partial charge in [0, 0.05) is 18.0 Å². The summed E-state index contributed by atoms with van der Waals surface area (Å²) in [6.07, 6.45) is -5.63. The molecule has 0 amide bonds. The topological polar surface area (TPSA) is 66.5 Å². The van der Waals surface area contributed by atoms with Crippen molar-refractivity contribution >= 4 is 0 Å². The molecule has 1 rings (SSSR count). The minimum atomic E-state index is -4.27. The summed E-state index contributed by atoms with van der Waals surface area (Å²) in [5.41, 5.74) is 5.62. The first-order valence-electron chi connectivity index (χ1n) is 4.64. The molecule has 1 aromatic carbocycles. The minimum absolute atomic E-state index is 0.115. The maximum Gasteiger partial charge on any atom is 0.389 e. The van der Waals surface area contributed by atoms with Crippen LogP contribution in [0, 0.1) is 0 Å². The van der Waals surface area contributed by atoms with Crippen molar-refractivity contribution in [3.63, 3.8) is 0 Å². The number of phenols is 2. The summed E-state index contributed by atoms with van der Waals surface area (Å²) in [4.78, 5) is 0. The minimum Gasteiger partial charge on any atom is -0.504 e. The normalized spacial score (nSPS) is 13.8. The quantitative estimate of drug-likeness (QED) is 0.705. The number of aromatic hydroxyl groups is 2. The van der Waals surface area contributed by atoms with Crippen molar-refractivity contribution in [3.05, 3.63) is 23.8 Å². The first-order chi connectivity index (χ1) is 7.31. The van der Waals surface area contributed by atoms with Gasteiger partial charge >= 0.3 is 6.18 Å². The molecule has 1 aromatic rings. The summed E-state index contributed by atoms with van der Waals surface area (Å²) in [6, 6.07) is 3.08. The molecule has 0 saturated carbocycles. The third-order valence-corrected chi connectivity index (χ3v) is 2.18. The van der Waals surface area contributed by atoms with Crippen LogP contribution in [-0.2, 0) is 0 Å². The molecule has 0 saturated heterocycles. The molecular formula is C10H12F3NO2. The van der Waals surface area contributed by atoms with Crippen molar-refractivity contribution in [1.82, 2.24) is 0 Å². The second-order valence-electron chi connectivity index (χ2n) is 3.48. The summed E-state index contributed by atoms with van der Waals surface area (Å²) < 4.78 is 35.8. The van der Waals surface area contributed by atoms with E-state index < -0.39 is 24.4 Å². The number of hydrogen-bond acceptors (Lipinski definition) is 3. The fourth-order valence-electron chi connectivity index (χ4n) is 1.32. The van der Waals surface area contributed by atoms with Gasteiger partial charge in [-0.2, -0.15) is 13.2 Å². The van der Waals surface area contributed by atoms with Gasteiger partial charge in [0.2, 0.25) is 0 Å². The van der Waals surface area contributed by atoms with Crippen LogP contribution in [0.25, 0.3) is 0 Å². The predicted octanol–water partition coefficient (Wildman–Crippen LogP) is 2.44. The highest BCUT2D eigenvalue weighted by atomic mass is 19.4. The van der Waals surface area contributed by atoms with Crippen LogP contribution >= 0.6 is 0 Å². The zero-order valence-electron chi connectivity index (χ0n) is 8.33. The van der Waals surface area contributed by atoms with Gasteiger partial charge in [0.1, 0.15) is 0 Å². The van der Waals surface area contributed by atoms with E-state index in [1.165, 1.54) is 18.2 Å². The predicted molar refractivity (Wildman–Crippen MR) is 52.0 cm³/mol. The van der Waals surface area contributed by atoms with E-state index in [9.17, 15) is 18.3 Å². The Hall–Kier alpha value is -1.43. The summed E-state index contributed by atoms with van der Waals surface area (Å²) in [7, 11) is 0. The van der Waals surface area contributed by atoms with E-state index in [0.717, 1.165) is 0 Å². The van der Waals surface area contributed by atoms with Crippen molar-refractivity contribution < 1.29 is 23.4 Å². The molecule has 0 radical (unpaired) electrons. The van der Waals surface area contributed by atoms with Gasteiger partial charge in [-0.25, -0.2) is 0 Å². The number of alkyl halides is 3. The Balaban J connectivity index is 2.73. The third kappa shape index (κ3) is 3.30. The van der Waals surface area contributed by atoms with Gasteiger partial charge in [0.25, 0.3) is 0 Å². The average Bonchev–Trinajstić information content (AvgIpc) is 2.17. The fraction of sp³-hybridized carbons (Fsp3) is 0.400. The fourth-order valence-corrected chi connectivity index (χ4v) is 1.32. The largest absolute Gasteiger partial charge is 0.504 e. The maximum atomic E-state index is 11.9. The molecule has 4 N–H and O–H groups in total. The van der Waals surface area contributed by atoms with Gasteiger partial charge < -0.3 is 15.9 Å². The number of halogens is 3. The lowest BCUT2D eigenvalue weighted by molar-refractivity contribution is -0.136. The molecule has 1 atom stereocenters. The Kier molecular flexibility index (Phi) is 3.64. The Morgan fingerprint density at radius 2 is 1.88 bits per heavy atom. The average molecular weight is 235 g/mol. The van der Waals surface area contributed by atoms with Crippen LogP contribution in [0.15, 0.2) is 18.2 Å². The zero-order chi connectivity index (χ0) is 12.3. The molecule has 0 spiro atoms. The first-order valence-corrected chi connectivity index (χ1v) is 4.64. The van der Waals surface area contributed by atoms with E-state index in [4.69, 9.17) is 10.8 Å². The zero-order valence-corrected chi connectivity index (χ0v) is 8.33. The molecule has 0 unspecified atom stereocenters. The van der Waals surface area contributed by atoms with Gasteiger partial charge in [-0.3, -0.25) is 0 Å². The van der Waals surface area contributed by atoms with Crippen LogP contribution < -0.4 is 5.73 Å². The maximum absolute atomic E-state index is 11.9. The Morgan fingerprint density at radius 3 is 2.44 bits per heavy atom. The van der Waals surface area contributed by atoms with Crippen LogP contribution in [0.4, 0.5) is 13.2 Å². The van der Waals surface area contributed by atoms with Crippen molar-refractivity contribution in [3.8, 4) is 11.5 Å². The van der Waals surface area contributed by atoms with E-state index in [1.54, 1.807) is 0 Å². The van der Waals surface area contributed by atoms with Crippen LogP contribution in [-0.4, -0.2) is 16.4 Å². The standard InChI is InChI=1S/C10H12F3NO2/c11-10(12,13)5-4-7(14)6-2-1-3-8(15)9(6)16/h1-3,7,15-16H,4-5,14H2/t7-/m1/s1. The van der Waals surface area contributed by atoms with Crippen molar-refractivity contribution in [2.24, 2.45) is 5.73 Å². The molecule has 90 valence electrons. The molecule has 0 bridgehead atoms. The van der Waals surface area contributed by atoms with E-state index in [1.807, 2.05) is 0 Å². The Labute approximate surface area is 90.3 Å². The van der Waals surface area contributed by atoms with Gasteiger partial charge in [-0.1, -0.05) is 12.1 Å². The second-order valence-corrected chi connectivity index (χ2v) is 3.48. The molecular weight excluding hydrogens is 223 g/mol. The number of hydrogen-bond donors (Lipinski definition) is 3. The van der Waals surface area contributed by atoms with E-state index in [2.05, 4.69) is 0 Å². The molecule has 0 aliphatic rings. The van der Waals surface area contributed by atoms with Gasteiger partial charge in [-0.05, 0) is 12.5 Å². The molecule has 0 aliphatic heterocycles. The van der Waals surface area contributed by atoms with Crippen LogP contribution in [0.1, 0.15) is 24.4 Å². The highest BCUT2D eigenvalue weighted by Crippen LogP contribution is 2.34. The smallest absolute Gasteiger partial charge is 0.389 e.